The van der Waals surface area contributed by atoms with Gasteiger partial charge in [-0.25, -0.2) is 9.59 Å². The Bertz CT molecular complexity index is 1170. The molecule has 9 heteroatoms. The summed E-state index contributed by atoms with van der Waals surface area (Å²) in [6, 6.07) is 13.6. The second-order valence-electron chi connectivity index (χ2n) is 8.47. The largest absolute Gasteiger partial charge is 0.509 e. The third-order valence-corrected chi connectivity index (χ3v) is 6.38. The van der Waals surface area contributed by atoms with Gasteiger partial charge in [-0.05, 0) is 69.4 Å². The average Bonchev–Trinajstić information content (AvgIpc) is 3.19. The summed E-state index contributed by atoms with van der Waals surface area (Å²) in [7, 11) is 0. The van der Waals surface area contributed by atoms with Gasteiger partial charge in [-0.2, -0.15) is 4.98 Å². The zero-order chi connectivity index (χ0) is 24.8. The number of aromatic nitrogens is 2. The van der Waals surface area contributed by atoms with Crippen LogP contribution in [0.1, 0.15) is 51.5 Å². The Morgan fingerprint density at radius 1 is 1.11 bits per heavy atom. The molecule has 1 unspecified atom stereocenters. The van der Waals surface area contributed by atoms with Crippen LogP contribution in [0.4, 0.5) is 4.79 Å². The number of para-hydroxylation sites is 1. The van der Waals surface area contributed by atoms with Gasteiger partial charge < -0.3 is 18.9 Å². The van der Waals surface area contributed by atoms with E-state index in [4.69, 9.17) is 18.9 Å². The van der Waals surface area contributed by atoms with Crippen LogP contribution in [0.5, 0.6) is 11.8 Å². The number of rotatable bonds is 8. The Labute approximate surface area is 212 Å². The van der Waals surface area contributed by atoms with Gasteiger partial charge in [0.1, 0.15) is 11.6 Å². The first-order chi connectivity index (χ1) is 16.9. The summed E-state index contributed by atoms with van der Waals surface area (Å²) in [6.45, 7) is 4.26. The average molecular weight is 545 g/mol. The number of imidazole rings is 1. The van der Waals surface area contributed by atoms with Crippen molar-refractivity contribution in [2.75, 3.05) is 6.61 Å². The molecule has 186 valence electrons. The van der Waals surface area contributed by atoms with E-state index in [1.165, 1.54) is 6.92 Å². The van der Waals surface area contributed by atoms with Crippen molar-refractivity contribution in [3.8, 4) is 11.8 Å². The van der Waals surface area contributed by atoms with Gasteiger partial charge in [-0.15, -0.1) is 0 Å². The van der Waals surface area contributed by atoms with Gasteiger partial charge in [0.05, 0.1) is 18.7 Å². The van der Waals surface area contributed by atoms with Crippen LogP contribution in [0.15, 0.2) is 46.9 Å². The fourth-order valence-electron chi connectivity index (χ4n) is 4.10. The maximum atomic E-state index is 12.8. The van der Waals surface area contributed by atoms with Gasteiger partial charge in [0, 0.05) is 4.47 Å². The van der Waals surface area contributed by atoms with Crippen LogP contribution < -0.4 is 9.47 Å². The molecule has 0 amide bonds. The Morgan fingerprint density at radius 3 is 2.57 bits per heavy atom. The van der Waals surface area contributed by atoms with Gasteiger partial charge in [0.2, 0.25) is 0 Å². The molecule has 1 fully saturated rings. The molecule has 0 spiro atoms. The maximum Gasteiger partial charge on any atom is 0.509 e. The normalized spacial score (nSPS) is 14.9. The standard InChI is InChI=1S/C26H29BrN2O6/c1-3-32-25-28-21-10-7-11-22(23(21)29(25)16-18-12-14-19(27)15-13-18)35-24(30)17(2)33-26(31)34-20-8-5-4-6-9-20/h7,10-15,17,20H,3-6,8-9,16H2,1-2H3. The van der Waals surface area contributed by atoms with Crippen LogP contribution in [-0.4, -0.2) is 40.5 Å². The predicted molar refractivity (Wildman–Crippen MR) is 134 cm³/mol. The Morgan fingerprint density at radius 2 is 1.86 bits per heavy atom. The number of fused-ring (bicyclic) bond motifs is 1. The zero-order valence-electron chi connectivity index (χ0n) is 19.9. The number of benzene rings is 2. The van der Waals surface area contributed by atoms with Crippen molar-refractivity contribution in [3.05, 3.63) is 52.5 Å². The number of hydrogen-bond donors (Lipinski definition) is 0. The summed E-state index contributed by atoms with van der Waals surface area (Å²) in [5.74, 6) is -0.397. The summed E-state index contributed by atoms with van der Waals surface area (Å²) >= 11 is 3.45. The zero-order valence-corrected chi connectivity index (χ0v) is 21.5. The lowest BCUT2D eigenvalue weighted by molar-refractivity contribution is -0.144. The third kappa shape index (κ3) is 6.33. The lowest BCUT2D eigenvalue weighted by Crippen LogP contribution is -2.31. The molecule has 35 heavy (non-hydrogen) atoms. The second-order valence-corrected chi connectivity index (χ2v) is 9.39. The molecule has 0 radical (unpaired) electrons. The van der Waals surface area contributed by atoms with Crippen molar-refractivity contribution in [2.45, 2.75) is 64.7 Å². The molecule has 2 aromatic carbocycles. The van der Waals surface area contributed by atoms with E-state index in [1.54, 1.807) is 12.1 Å². The molecule has 4 rings (SSSR count). The fraction of sp³-hybridized carbons (Fsp3) is 0.423. The third-order valence-electron chi connectivity index (χ3n) is 5.85. The van der Waals surface area contributed by atoms with E-state index in [-0.39, 0.29) is 6.10 Å². The first kappa shape index (κ1) is 25.0. The lowest BCUT2D eigenvalue weighted by atomic mass is 9.98. The van der Waals surface area contributed by atoms with Crippen molar-refractivity contribution < 1.29 is 28.5 Å². The quantitative estimate of drug-likeness (QED) is 0.252. The van der Waals surface area contributed by atoms with E-state index >= 15 is 0 Å². The highest BCUT2D eigenvalue weighted by molar-refractivity contribution is 9.10. The molecule has 0 aliphatic heterocycles. The van der Waals surface area contributed by atoms with E-state index in [2.05, 4.69) is 20.9 Å². The van der Waals surface area contributed by atoms with Crippen LogP contribution in [0.3, 0.4) is 0 Å². The van der Waals surface area contributed by atoms with E-state index in [1.807, 2.05) is 41.8 Å². The summed E-state index contributed by atoms with van der Waals surface area (Å²) in [6.07, 6.45) is 2.70. The molecule has 0 N–H and O–H groups in total. The highest BCUT2D eigenvalue weighted by atomic mass is 79.9. The molecular formula is C26H29BrN2O6. The monoisotopic (exact) mass is 544 g/mol. The van der Waals surface area contributed by atoms with Gasteiger partial charge >= 0.3 is 12.1 Å². The van der Waals surface area contributed by atoms with Gasteiger partial charge in [0.25, 0.3) is 6.01 Å². The van der Waals surface area contributed by atoms with Gasteiger partial charge in [0.15, 0.2) is 11.9 Å². The van der Waals surface area contributed by atoms with Crippen LogP contribution >= 0.6 is 15.9 Å². The SMILES string of the molecule is CCOc1nc2cccc(OC(=O)C(C)OC(=O)OC3CCCCC3)c2n1Cc1ccc(Br)cc1. The minimum atomic E-state index is -1.13. The smallest absolute Gasteiger partial charge is 0.465 e. The Kier molecular flexibility index (Phi) is 8.28. The first-order valence-corrected chi connectivity index (χ1v) is 12.7. The molecule has 1 saturated carbocycles. The number of carbonyl (C=O) groups is 2. The second kappa shape index (κ2) is 11.6. The highest BCUT2D eigenvalue weighted by Gasteiger charge is 2.26. The fourth-order valence-corrected chi connectivity index (χ4v) is 4.37. The Hall–Kier alpha value is -3.07. The van der Waals surface area contributed by atoms with Gasteiger partial charge in [-0.1, -0.05) is 40.5 Å². The van der Waals surface area contributed by atoms with Crippen LogP contribution in [0.25, 0.3) is 11.0 Å². The molecule has 1 aliphatic carbocycles. The summed E-state index contributed by atoms with van der Waals surface area (Å²) < 4.78 is 24.8. The lowest BCUT2D eigenvalue weighted by Gasteiger charge is -2.22. The molecule has 1 aromatic heterocycles. The summed E-state index contributed by atoms with van der Waals surface area (Å²) in [4.78, 5) is 29.5. The minimum Gasteiger partial charge on any atom is -0.465 e. The van der Waals surface area contributed by atoms with E-state index in [0.29, 0.717) is 35.9 Å². The maximum absolute atomic E-state index is 12.8. The number of halogens is 1. The van der Waals surface area contributed by atoms with E-state index in [0.717, 1.165) is 42.1 Å². The summed E-state index contributed by atoms with van der Waals surface area (Å²) in [5.41, 5.74) is 2.27. The minimum absolute atomic E-state index is 0.154. The van der Waals surface area contributed by atoms with E-state index in [9.17, 15) is 9.59 Å². The van der Waals surface area contributed by atoms with Crippen molar-refractivity contribution in [1.82, 2.24) is 9.55 Å². The molecule has 1 heterocycles. The van der Waals surface area contributed by atoms with Gasteiger partial charge in [-0.3, -0.25) is 4.57 Å². The molecule has 3 aromatic rings. The highest BCUT2D eigenvalue weighted by Crippen LogP contribution is 2.31. The molecule has 0 bridgehead atoms. The van der Waals surface area contributed by atoms with Crippen LogP contribution in [0, 0.1) is 0 Å². The summed E-state index contributed by atoms with van der Waals surface area (Å²) in [5, 5.41) is 0. The van der Waals surface area contributed by atoms with E-state index < -0.39 is 18.2 Å². The molecule has 0 saturated heterocycles. The van der Waals surface area contributed by atoms with Crippen molar-refractivity contribution in [2.24, 2.45) is 0 Å². The predicted octanol–water partition coefficient (Wildman–Crippen LogP) is 6.03. The van der Waals surface area contributed by atoms with Crippen LogP contribution in [0.2, 0.25) is 0 Å². The molecule has 1 atom stereocenters. The topological polar surface area (TPSA) is 88.9 Å². The number of carbonyl (C=O) groups excluding carboxylic acids is 2. The van der Waals surface area contributed by atoms with Crippen molar-refractivity contribution in [1.29, 1.82) is 0 Å². The Balaban J connectivity index is 1.52. The number of esters is 1. The molecular weight excluding hydrogens is 516 g/mol. The number of hydrogen-bond acceptors (Lipinski definition) is 7. The molecule has 1 aliphatic rings. The number of nitrogens with zero attached hydrogens (tertiary/aromatic N) is 2. The van der Waals surface area contributed by atoms with Crippen molar-refractivity contribution >= 4 is 39.1 Å². The molecule has 8 nitrogen and oxygen atoms in total. The number of ether oxygens (including phenoxy) is 4. The van der Waals surface area contributed by atoms with Crippen LogP contribution in [-0.2, 0) is 20.8 Å². The first-order valence-electron chi connectivity index (χ1n) is 11.9. The van der Waals surface area contributed by atoms with Crippen molar-refractivity contribution in [3.63, 3.8) is 0 Å².